The topological polar surface area (TPSA) is 55.8 Å². The van der Waals surface area contributed by atoms with Gasteiger partial charge in [-0.1, -0.05) is 11.6 Å². The molecule has 0 radical (unpaired) electrons. The van der Waals surface area contributed by atoms with Crippen LogP contribution in [-0.4, -0.2) is 28.7 Å². The summed E-state index contributed by atoms with van der Waals surface area (Å²) in [4.78, 5) is 0.108. The quantitative estimate of drug-likeness (QED) is 0.722. The molecular formula is C19H22ClNO4S. The summed E-state index contributed by atoms with van der Waals surface area (Å²) in [7, 11) is -0.725. The number of anilines is 1. The molecule has 0 amide bonds. The Balaban J connectivity index is 1.78. The van der Waals surface area contributed by atoms with Crippen molar-refractivity contribution in [3.8, 4) is 11.5 Å². The highest BCUT2D eigenvalue weighted by molar-refractivity contribution is 7.92. The highest BCUT2D eigenvalue weighted by atomic mass is 35.5. The Hall–Kier alpha value is -1.92. The van der Waals surface area contributed by atoms with E-state index in [-0.39, 0.29) is 16.0 Å². The van der Waals surface area contributed by atoms with Crippen molar-refractivity contribution in [2.75, 3.05) is 18.5 Å². The molecule has 0 atom stereocenters. The van der Waals surface area contributed by atoms with E-state index in [1.807, 2.05) is 0 Å². The van der Waals surface area contributed by atoms with Crippen LogP contribution in [-0.2, 0) is 10.0 Å². The highest BCUT2D eigenvalue weighted by Gasteiger charge is 2.23. The van der Waals surface area contributed by atoms with E-state index in [0.29, 0.717) is 11.4 Å². The van der Waals surface area contributed by atoms with Gasteiger partial charge in [0.1, 0.15) is 11.5 Å². The third kappa shape index (κ3) is 3.91. The first-order valence-electron chi connectivity index (χ1n) is 8.51. The van der Waals surface area contributed by atoms with E-state index in [0.717, 1.165) is 18.6 Å². The molecular weight excluding hydrogens is 374 g/mol. The van der Waals surface area contributed by atoms with Gasteiger partial charge in [0, 0.05) is 7.05 Å². The van der Waals surface area contributed by atoms with Crippen molar-refractivity contribution in [2.45, 2.75) is 36.7 Å². The number of halogens is 1. The van der Waals surface area contributed by atoms with Crippen molar-refractivity contribution in [1.29, 1.82) is 0 Å². The molecule has 0 bridgehead atoms. The van der Waals surface area contributed by atoms with Crippen LogP contribution in [0.25, 0.3) is 0 Å². The summed E-state index contributed by atoms with van der Waals surface area (Å²) in [5, 5.41) is 0.252. The highest BCUT2D eigenvalue weighted by Crippen LogP contribution is 2.31. The van der Waals surface area contributed by atoms with Crippen LogP contribution >= 0.6 is 11.6 Å². The molecule has 5 nitrogen and oxygen atoms in total. The minimum absolute atomic E-state index is 0.108. The lowest BCUT2D eigenvalue weighted by Gasteiger charge is -2.21. The minimum Gasteiger partial charge on any atom is -0.495 e. The number of hydrogen-bond acceptors (Lipinski definition) is 4. The smallest absolute Gasteiger partial charge is 0.264 e. The molecule has 0 aromatic heterocycles. The van der Waals surface area contributed by atoms with Gasteiger partial charge < -0.3 is 9.47 Å². The lowest BCUT2D eigenvalue weighted by molar-refractivity contribution is 0.210. The van der Waals surface area contributed by atoms with Gasteiger partial charge in [0.2, 0.25) is 0 Å². The van der Waals surface area contributed by atoms with Crippen LogP contribution in [0.3, 0.4) is 0 Å². The number of sulfonamides is 1. The molecule has 140 valence electrons. The molecule has 7 heteroatoms. The fourth-order valence-electron chi connectivity index (χ4n) is 3.04. The molecule has 3 rings (SSSR count). The number of benzene rings is 2. The van der Waals surface area contributed by atoms with Gasteiger partial charge in [0.05, 0.1) is 28.8 Å². The predicted molar refractivity (Wildman–Crippen MR) is 103 cm³/mol. The van der Waals surface area contributed by atoms with Gasteiger partial charge in [0.25, 0.3) is 10.0 Å². The van der Waals surface area contributed by atoms with Crippen LogP contribution in [0, 0.1) is 0 Å². The normalized spacial score (nSPS) is 15.0. The largest absolute Gasteiger partial charge is 0.495 e. The maximum atomic E-state index is 12.8. The SMILES string of the molecule is COc1ccc(S(=O)(=O)N(C)c2ccc(OC3CCCC3)cc2)cc1Cl. The molecule has 1 fully saturated rings. The molecule has 0 N–H and O–H groups in total. The molecule has 2 aromatic carbocycles. The minimum atomic E-state index is -3.72. The van der Waals surface area contributed by atoms with Gasteiger partial charge in [0.15, 0.2) is 0 Å². The monoisotopic (exact) mass is 395 g/mol. The summed E-state index contributed by atoms with van der Waals surface area (Å²) in [5.41, 5.74) is 0.552. The fraction of sp³-hybridized carbons (Fsp3) is 0.368. The Morgan fingerprint density at radius 3 is 2.31 bits per heavy atom. The Morgan fingerprint density at radius 2 is 1.73 bits per heavy atom. The van der Waals surface area contributed by atoms with Crippen molar-refractivity contribution < 1.29 is 17.9 Å². The van der Waals surface area contributed by atoms with E-state index in [9.17, 15) is 8.42 Å². The van der Waals surface area contributed by atoms with E-state index in [1.54, 1.807) is 30.3 Å². The second-order valence-corrected chi connectivity index (χ2v) is 8.66. The van der Waals surface area contributed by atoms with Gasteiger partial charge in [-0.25, -0.2) is 8.42 Å². The average Bonchev–Trinajstić information content (AvgIpc) is 3.14. The van der Waals surface area contributed by atoms with Crippen LogP contribution < -0.4 is 13.8 Å². The first-order valence-corrected chi connectivity index (χ1v) is 10.3. The maximum Gasteiger partial charge on any atom is 0.264 e. The Morgan fingerprint density at radius 1 is 1.08 bits per heavy atom. The molecule has 0 heterocycles. The number of hydrogen-bond donors (Lipinski definition) is 0. The third-order valence-electron chi connectivity index (χ3n) is 4.59. The van der Waals surface area contributed by atoms with Gasteiger partial charge in [-0.2, -0.15) is 0 Å². The van der Waals surface area contributed by atoms with Crippen molar-refractivity contribution in [1.82, 2.24) is 0 Å². The maximum absolute atomic E-state index is 12.8. The Bertz CT molecular complexity index is 862. The van der Waals surface area contributed by atoms with E-state index in [4.69, 9.17) is 21.1 Å². The van der Waals surface area contributed by atoms with E-state index in [2.05, 4.69) is 0 Å². The van der Waals surface area contributed by atoms with Crippen molar-refractivity contribution in [2.24, 2.45) is 0 Å². The molecule has 0 spiro atoms. The average molecular weight is 396 g/mol. The van der Waals surface area contributed by atoms with Crippen LogP contribution in [0.2, 0.25) is 5.02 Å². The van der Waals surface area contributed by atoms with Gasteiger partial charge in [-0.15, -0.1) is 0 Å². The first kappa shape index (κ1) is 18.9. The molecule has 0 saturated heterocycles. The summed E-state index contributed by atoms with van der Waals surface area (Å²) in [5.74, 6) is 1.20. The van der Waals surface area contributed by atoms with Crippen LogP contribution in [0.15, 0.2) is 47.4 Å². The molecule has 0 aliphatic heterocycles. The molecule has 1 aliphatic rings. The molecule has 1 saturated carbocycles. The lowest BCUT2D eigenvalue weighted by Crippen LogP contribution is -2.26. The van der Waals surface area contributed by atoms with Crippen molar-refractivity contribution in [3.63, 3.8) is 0 Å². The summed E-state index contributed by atoms with van der Waals surface area (Å²) in [6.07, 6.45) is 4.83. The second-order valence-electron chi connectivity index (χ2n) is 6.29. The van der Waals surface area contributed by atoms with Crippen LogP contribution in [0.5, 0.6) is 11.5 Å². The number of methoxy groups -OCH3 is 1. The zero-order valence-electron chi connectivity index (χ0n) is 14.8. The van der Waals surface area contributed by atoms with E-state index < -0.39 is 10.0 Å². The van der Waals surface area contributed by atoms with Gasteiger partial charge >= 0.3 is 0 Å². The van der Waals surface area contributed by atoms with E-state index in [1.165, 1.54) is 43.4 Å². The van der Waals surface area contributed by atoms with E-state index >= 15 is 0 Å². The zero-order chi connectivity index (χ0) is 18.7. The first-order chi connectivity index (χ1) is 12.4. The molecule has 2 aromatic rings. The summed E-state index contributed by atoms with van der Waals surface area (Å²) in [6.45, 7) is 0. The number of rotatable bonds is 6. The summed E-state index contributed by atoms with van der Waals surface area (Å²) in [6, 6.07) is 11.5. The summed E-state index contributed by atoms with van der Waals surface area (Å²) < 4.78 is 37.9. The lowest BCUT2D eigenvalue weighted by atomic mass is 10.3. The summed E-state index contributed by atoms with van der Waals surface area (Å²) >= 11 is 6.06. The molecule has 26 heavy (non-hydrogen) atoms. The van der Waals surface area contributed by atoms with Crippen molar-refractivity contribution >= 4 is 27.3 Å². The fourth-order valence-corrected chi connectivity index (χ4v) is 4.58. The zero-order valence-corrected chi connectivity index (χ0v) is 16.4. The Kier molecular flexibility index (Phi) is 5.63. The predicted octanol–water partition coefficient (Wildman–Crippen LogP) is 4.50. The third-order valence-corrected chi connectivity index (χ3v) is 6.66. The van der Waals surface area contributed by atoms with Crippen LogP contribution in [0.1, 0.15) is 25.7 Å². The number of ether oxygens (including phenoxy) is 2. The molecule has 0 unspecified atom stereocenters. The van der Waals surface area contributed by atoms with Crippen molar-refractivity contribution in [3.05, 3.63) is 47.5 Å². The standard InChI is InChI=1S/C19H22ClNO4S/c1-21(26(22,23)17-11-12-19(24-2)18(20)13-17)14-7-9-16(10-8-14)25-15-5-3-4-6-15/h7-13,15H,3-6H2,1-2H3. The van der Waals surface area contributed by atoms with Gasteiger partial charge in [-0.05, 0) is 68.1 Å². The Labute approximate surface area is 159 Å². The number of nitrogens with zero attached hydrogens (tertiary/aromatic N) is 1. The molecule has 1 aliphatic carbocycles. The second kappa shape index (κ2) is 7.76. The van der Waals surface area contributed by atoms with Crippen LogP contribution in [0.4, 0.5) is 5.69 Å². The van der Waals surface area contributed by atoms with Gasteiger partial charge in [-0.3, -0.25) is 4.31 Å².